The van der Waals surface area contributed by atoms with Crippen molar-refractivity contribution in [3.63, 3.8) is 0 Å². The minimum absolute atomic E-state index is 0.0602. The minimum Gasteiger partial charge on any atom is -0.173 e. The Morgan fingerprint density at radius 2 is 0.966 bits per heavy atom. The van der Waals surface area contributed by atoms with Crippen LogP contribution in [0.15, 0.2) is 109 Å². The molecule has 0 saturated heterocycles. The van der Waals surface area contributed by atoms with Crippen LogP contribution >= 0.6 is 11.6 Å². The summed E-state index contributed by atoms with van der Waals surface area (Å²) < 4.78 is 28.8. The predicted octanol–water partition coefficient (Wildman–Crippen LogP) is 8.33. The Morgan fingerprint density at radius 3 is 1.48 bits per heavy atom. The van der Waals surface area contributed by atoms with Crippen LogP contribution in [0, 0.1) is 0 Å². The molecule has 29 heavy (non-hydrogen) atoms. The molecule has 0 radical (unpaired) electrons. The Hall–Kier alpha value is -3.23. The van der Waals surface area contributed by atoms with Crippen molar-refractivity contribution in [1.82, 2.24) is 0 Å². The molecule has 0 aliphatic carbocycles. The molecule has 0 amide bonds. The molecule has 4 aromatic carbocycles. The summed E-state index contributed by atoms with van der Waals surface area (Å²) in [6.45, 7) is 0. The smallest absolute Gasteiger partial charge is 0.173 e. The van der Waals surface area contributed by atoms with Crippen LogP contribution in [0.25, 0.3) is 27.8 Å². The zero-order chi connectivity index (χ0) is 20.2. The molecule has 0 N–H and O–H groups in total. The minimum atomic E-state index is -1.71. The van der Waals surface area contributed by atoms with Crippen molar-refractivity contribution in [2.75, 3.05) is 0 Å². The lowest BCUT2D eigenvalue weighted by molar-refractivity contribution is 0.426. The SMILES string of the molecule is FC(F)=C(c1ccccc1-c1ccccc1)c1ccccc1-c1ccc(Cl)cc1. The maximum Gasteiger partial charge on any atom is 0.278 e. The van der Waals surface area contributed by atoms with Gasteiger partial charge in [0.2, 0.25) is 0 Å². The van der Waals surface area contributed by atoms with Gasteiger partial charge in [-0.15, -0.1) is 0 Å². The summed E-state index contributed by atoms with van der Waals surface area (Å²) in [6, 6.07) is 31.3. The van der Waals surface area contributed by atoms with E-state index in [1.165, 1.54) is 0 Å². The van der Waals surface area contributed by atoms with Gasteiger partial charge in [-0.2, -0.15) is 8.78 Å². The summed E-state index contributed by atoms with van der Waals surface area (Å²) in [5.74, 6) is 0. The third-order valence-corrected chi connectivity index (χ3v) is 5.07. The summed E-state index contributed by atoms with van der Waals surface area (Å²) in [5, 5.41) is 0.605. The number of halogens is 3. The van der Waals surface area contributed by atoms with Gasteiger partial charge in [0.15, 0.2) is 0 Å². The van der Waals surface area contributed by atoms with E-state index in [2.05, 4.69) is 0 Å². The van der Waals surface area contributed by atoms with E-state index in [0.29, 0.717) is 16.1 Å². The van der Waals surface area contributed by atoms with Crippen molar-refractivity contribution in [2.24, 2.45) is 0 Å². The van der Waals surface area contributed by atoms with Gasteiger partial charge < -0.3 is 0 Å². The lowest BCUT2D eigenvalue weighted by Crippen LogP contribution is -1.96. The monoisotopic (exact) mass is 402 g/mol. The highest BCUT2D eigenvalue weighted by atomic mass is 35.5. The maximum absolute atomic E-state index is 14.4. The summed E-state index contributed by atoms with van der Waals surface area (Å²) in [5.41, 5.74) is 4.15. The zero-order valence-corrected chi connectivity index (χ0v) is 16.2. The molecule has 142 valence electrons. The van der Waals surface area contributed by atoms with Crippen LogP contribution in [0.4, 0.5) is 8.78 Å². The Labute approximate surface area is 173 Å². The molecule has 4 aromatic rings. The highest BCUT2D eigenvalue weighted by Crippen LogP contribution is 2.39. The normalized spacial score (nSPS) is 10.6. The van der Waals surface area contributed by atoms with Crippen LogP contribution in [0.2, 0.25) is 5.02 Å². The van der Waals surface area contributed by atoms with E-state index in [1.54, 1.807) is 36.4 Å². The lowest BCUT2D eigenvalue weighted by atomic mass is 9.87. The van der Waals surface area contributed by atoms with Gasteiger partial charge in [-0.1, -0.05) is 103 Å². The number of benzene rings is 4. The topological polar surface area (TPSA) is 0 Å². The van der Waals surface area contributed by atoms with E-state index in [1.807, 2.05) is 66.7 Å². The molecule has 0 bridgehead atoms. The summed E-state index contributed by atoms with van der Waals surface area (Å²) in [4.78, 5) is 0. The molecule has 0 aliphatic heterocycles. The van der Waals surface area contributed by atoms with E-state index < -0.39 is 6.08 Å². The third kappa shape index (κ3) is 3.98. The average molecular weight is 403 g/mol. The number of rotatable bonds is 4. The first-order chi connectivity index (χ1) is 14.1. The molecule has 0 saturated carbocycles. The van der Waals surface area contributed by atoms with Crippen LogP contribution in [-0.4, -0.2) is 0 Å². The van der Waals surface area contributed by atoms with E-state index in [9.17, 15) is 8.78 Å². The lowest BCUT2D eigenvalue weighted by Gasteiger charge is -2.16. The molecule has 0 nitrogen and oxygen atoms in total. The average Bonchev–Trinajstić information content (AvgIpc) is 2.76. The second-order valence-corrected chi connectivity index (χ2v) is 7.04. The summed E-state index contributed by atoms with van der Waals surface area (Å²) in [7, 11) is 0. The molecule has 0 heterocycles. The van der Waals surface area contributed by atoms with Crippen molar-refractivity contribution >= 4 is 17.2 Å². The molecule has 3 heteroatoms. The summed E-state index contributed by atoms with van der Waals surface area (Å²) >= 11 is 6.01. The van der Waals surface area contributed by atoms with Gasteiger partial charge in [0.05, 0.1) is 5.57 Å². The van der Waals surface area contributed by atoms with Crippen molar-refractivity contribution in [3.05, 3.63) is 125 Å². The number of hydrogen-bond acceptors (Lipinski definition) is 0. The first-order valence-corrected chi connectivity index (χ1v) is 9.58. The van der Waals surface area contributed by atoms with Gasteiger partial charge in [-0.25, -0.2) is 0 Å². The van der Waals surface area contributed by atoms with E-state index in [4.69, 9.17) is 11.6 Å². The first-order valence-electron chi connectivity index (χ1n) is 9.20. The molecule has 4 rings (SSSR count). The molecular weight excluding hydrogens is 386 g/mol. The number of hydrogen-bond donors (Lipinski definition) is 0. The van der Waals surface area contributed by atoms with Gasteiger partial charge in [0, 0.05) is 5.02 Å². The van der Waals surface area contributed by atoms with Crippen LogP contribution < -0.4 is 0 Å². The highest BCUT2D eigenvalue weighted by molar-refractivity contribution is 6.30. The standard InChI is InChI=1S/C26H17ClF2/c27-20-16-14-19(15-17-20)22-11-5-7-13-24(22)25(26(28)29)23-12-6-4-10-21(23)18-8-2-1-3-9-18/h1-17H. The zero-order valence-electron chi connectivity index (χ0n) is 15.4. The third-order valence-electron chi connectivity index (χ3n) is 4.82. The Balaban J connectivity index is 1.94. The Bertz CT molecular complexity index is 1160. The van der Waals surface area contributed by atoms with E-state index >= 15 is 0 Å². The van der Waals surface area contributed by atoms with Crippen molar-refractivity contribution < 1.29 is 8.78 Å². The fraction of sp³-hybridized carbons (Fsp3) is 0. The van der Waals surface area contributed by atoms with Gasteiger partial charge in [0.1, 0.15) is 0 Å². The van der Waals surface area contributed by atoms with Gasteiger partial charge in [-0.05, 0) is 45.5 Å². The fourth-order valence-electron chi connectivity index (χ4n) is 3.50. The molecule has 0 unspecified atom stereocenters. The fourth-order valence-corrected chi connectivity index (χ4v) is 3.63. The predicted molar refractivity (Wildman–Crippen MR) is 117 cm³/mol. The van der Waals surface area contributed by atoms with Crippen LogP contribution in [0.1, 0.15) is 11.1 Å². The van der Waals surface area contributed by atoms with E-state index in [0.717, 1.165) is 22.3 Å². The van der Waals surface area contributed by atoms with Gasteiger partial charge in [0.25, 0.3) is 6.08 Å². The van der Waals surface area contributed by atoms with Gasteiger partial charge in [-0.3, -0.25) is 0 Å². The molecular formula is C26H17ClF2. The van der Waals surface area contributed by atoms with Crippen LogP contribution in [0.3, 0.4) is 0 Å². The molecule has 0 fully saturated rings. The molecule has 0 spiro atoms. The largest absolute Gasteiger partial charge is 0.278 e. The Morgan fingerprint density at radius 1 is 0.517 bits per heavy atom. The van der Waals surface area contributed by atoms with Crippen molar-refractivity contribution in [2.45, 2.75) is 0 Å². The second-order valence-electron chi connectivity index (χ2n) is 6.60. The first kappa shape index (κ1) is 19.1. The quantitative estimate of drug-likeness (QED) is 0.322. The van der Waals surface area contributed by atoms with E-state index in [-0.39, 0.29) is 5.57 Å². The van der Waals surface area contributed by atoms with Crippen molar-refractivity contribution in [1.29, 1.82) is 0 Å². The van der Waals surface area contributed by atoms with Gasteiger partial charge >= 0.3 is 0 Å². The second kappa shape index (κ2) is 8.42. The molecule has 0 aromatic heterocycles. The Kier molecular flexibility index (Phi) is 5.55. The molecule has 0 aliphatic rings. The molecule has 0 atom stereocenters. The summed E-state index contributed by atoms with van der Waals surface area (Å²) in [6.07, 6.45) is -1.71. The van der Waals surface area contributed by atoms with Crippen molar-refractivity contribution in [3.8, 4) is 22.3 Å². The highest BCUT2D eigenvalue weighted by Gasteiger charge is 2.19. The van der Waals surface area contributed by atoms with Crippen LogP contribution in [0.5, 0.6) is 0 Å². The van der Waals surface area contributed by atoms with Crippen LogP contribution in [-0.2, 0) is 0 Å². The maximum atomic E-state index is 14.4.